The van der Waals surface area contributed by atoms with E-state index in [1.54, 1.807) is 0 Å². The van der Waals surface area contributed by atoms with Crippen molar-refractivity contribution in [3.8, 4) is 0 Å². The third-order valence-electron chi connectivity index (χ3n) is 11.3. The van der Waals surface area contributed by atoms with Gasteiger partial charge >= 0.3 is 0 Å². The van der Waals surface area contributed by atoms with Gasteiger partial charge in [-0.1, -0.05) is 53.7 Å². The summed E-state index contributed by atoms with van der Waals surface area (Å²) in [5.41, 5.74) is 1.07. The third-order valence-corrected chi connectivity index (χ3v) is 11.3. The zero-order chi connectivity index (χ0) is 21.7. The Bertz CT molecular complexity index is 622. The quantitative estimate of drug-likeness (QED) is 0.454. The molecule has 0 aromatic heterocycles. The van der Waals surface area contributed by atoms with E-state index >= 15 is 0 Å². The second-order valence-corrected chi connectivity index (χ2v) is 12.9. The average molecular weight is 415 g/mol. The fraction of sp³-hybridized carbons (Fsp3) is 0.931. The Balaban J connectivity index is 1.49. The van der Waals surface area contributed by atoms with Crippen LogP contribution in [0.2, 0.25) is 0 Å². The van der Waals surface area contributed by atoms with Crippen molar-refractivity contribution in [3.05, 3.63) is 12.2 Å². The van der Waals surface area contributed by atoms with Crippen LogP contribution in [0.25, 0.3) is 0 Å². The van der Waals surface area contributed by atoms with Gasteiger partial charge in [0.15, 0.2) is 0 Å². The molecule has 0 amide bonds. The molecule has 0 aromatic carbocycles. The van der Waals surface area contributed by atoms with E-state index in [1.807, 2.05) is 0 Å². The standard InChI is InChI=1S/C29H50O/c1-7-21(19(2)3)9-8-20(4)25-12-13-26-24-11-10-22-18-23(30)14-16-28(22,5)27(24)15-17-29(25,26)6/h8-9,19-27,30H,7,10-18H2,1-6H3/b9-8+/t20-,21?,22?,23-,24+,25-,26+,27+,28+,29-/m1/s1. The number of fused-ring (bicyclic) bond motifs is 5. The average Bonchev–Trinajstić information content (AvgIpc) is 3.06. The monoisotopic (exact) mass is 414 g/mol. The van der Waals surface area contributed by atoms with E-state index in [4.69, 9.17) is 0 Å². The van der Waals surface area contributed by atoms with Crippen molar-refractivity contribution in [3.63, 3.8) is 0 Å². The fourth-order valence-electron chi connectivity index (χ4n) is 9.42. The molecule has 10 atom stereocenters. The largest absolute Gasteiger partial charge is 0.393 e. The van der Waals surface area contributed by atoms with Crippen LogP contribution >= 0.6 is 0 Å². The minimum atomic E-state index is -0.0187. The first kappa shape index (κ1) is 22.9. The highest BCUT2D eigenvalue weighted by atomic mass is 16.3. The Morgan fingerprint density at radius 3 is 2.27 bits per heavy atom. The molecule has 0 heterocycles. The zero-order valence-electron chi connectivity index (χ0n) is 20.9. The number of aliphatic hydroxyl groups excluding tert-OH is 1. The first-order valence-corrected chi connectivity index (χ1v) is 13.6. The van der Waals surface area contributed by atoms with E-state index in [9.17, 15) is 5.11 Å². The summed E-state index contributed by atoms with van der Waals surface area (Å²) < 4.78 is 0. The van der Waals surface area contributed by atoms with E-state index in [0.717, 1.165) is 60.2 Å². The van der Waals surface area contributed by atoms with Crippen molar-refractivity contribution in [1.82, 2.24) is 0 Å². The first-order chi connectivity index (χ1) is 14.2. The fourth-order valence-corrected chi connectivity index (χ4v) is 9.42. The van der Waals surface area contributed by atoms with E-state index in [0.29, 0.717) is 10.8 Å². The predicted molar refractivity (Wildman–Crippen MR) is 128 cm³/mol. The number of hydrogen-bond acceptors (Lipinski definition) is 1. The Kier molecular flexibility index (Phi) is 6.53. The molecule has 1 N–H and O–H groups in total. The van der Waals surface area contributed by atoms with Crippen LogP contribution in [0.1, 0.15) is 106 Å². The van der Waals surface area contributed by atoms with Crippen LogP contribution < -0.4 is 0 Å². The Hall–Kier alpha value is -0.300. The van der Waals surface area contributed by atoms with Crippen molar-refractivity contribution in [2.45, 2.75) is 112 Å². The normalized spacial score (nSPS) is 48.3. The highest BCUT2D eigenvalue weighted by Crippen LogP contribution is 2.68. The number of aliphatic hydroxyl groups is 1. The molecule has 0 aliphatic heterocycles. The van der Waals surface area contributed by atoms with Gasteiger partial charge in [-0.05, 0) is 122 Å². The van der Waals surface area contributed by atoms with Crippen LogP contribution in [-0.4, -0.2) is 11.2 Å². The molecule has 0 aromatic rings. The number of rotatable bonds is 5. The molecule has 1 nitrogen and oxygen atoms in total. The van der Waals surface area contributed by atoms with Gasteiger partial charge in [0.1, 0.15) is 0 Å². The van der Waals surface area contributed by atoms with Gasteiger partial charge in [-0.15, -0.1) is 0 Å². The summed E-state index contributed by atoms with van der Waals surface area (Å²) in [5.74, 6) is 6.72. The maximum atomic E-state index is 10.3. The maximum absolute atomic E-state index is 10.3. The maximum Gasteiger partial charge on any atom is 0.0543 e. The van der Waals surface area contributed by atoms with Crippen LogP contribution in [0.4, 0.5) is 0 Å². The van der Waals surface area contributed by atoms with Gasteiger partial charge in [0.2, 0.25) is 0 Å². The second kappa shape index (κ2) is 8.57. The van der Waals surface area contributed by atoms with Crippen LogP contribution in [0.5, 0.6) is 0 Å². The molecule has 172 valence electrons. The number of hydrogen-bond donors (Lipinski definition) is 1. The van der Waals surface area contributed by atoms with Gasteiger partial charge in [0.25, 0.3) is 0 Å². The summed E-state index contributed by atoms with van der Waals surface area (Å²) >= 11 is 0. The molecule has 0 saturated heterocycles. The molecule has 4 fully saturated rings. The van der Waals surface area contributed by atoms with Crippen LogP contribution in [0.15, 0.2) is 12.2 Å². The summed E-state index contributed by atoms with van der Waals surface area (Å²) in [4.78, 5) is 0. The van der Waals surface area contributed by atoms with E-state index in [-0.39, 0.29) is 6.10 Å². The predicted octanol–water partition coefficient (Wildman–Crippen LogP) is 7.88. The van der Waals surface area contributed by atoms with Crippen molar-refractivity contribution < 1.29 is 5.11 Å². The SMILES string of the molecule is CCC(/C=C/[C@@H](C)[C@H]1CC[C@H]2[C@@H]3CCC4C[C@H](O)CC[C@]4(C)[C@H]3CC[C@]12C)C(C)C. The minimum absolute atomic E-state index is 0.0187. The lowest BCUT2D eigenvalue weighted by Crippen LogP contribution is -2.54. The summed E-state index contributed by atoms with van der Waals surface area (Å²) in [7, 11) is 0. The molecule has 4 saturated carbocycles. The van der Waals surface area contributed by atoms with E-state index in [2.05, 4.69) is 53.7 Å². The summed E-state index contributed by atoms with van der Waals surface area (Å²) in [6.07, 6.45) is 18.5. The smallest absolute Gasteiger partial charge is 0.0543 e. The zero-order valence-corrected chi connectivity index (χ0v) is 20.9. The lowest BCUT2D eigenvalue weighted by molar-refractivity contribution is -0.128. The van der Waals surface area contributed by atoms with Gasteiger partial charge in [0, 0.05) is 0 Å². The minimum Gasteiger partial charge on any atom is -0.393 e. The Labute approximate surface area is 187 Å². The molecule has 0 bridgehead atoms. The molecule has 4 aliphatic carbocycles. The second-order valence-electron chi connectivity index (χ2n) is 12.9. The van der Waals surface area contributed by atoms with Crippen molar-refractivity contribution in [2.24, 2.45) is 58.2 Å². The highest BCUT2D eigenvalue weighted by molar-refractivity contribution is 5.11. The Morgan fingerprint density at radius 1 is 0.867 bits per heavy atom. The van der Waals surface area contributed by atoms with Crippen LogP contribution in [-0.2, 0) is 0 Å². The van der Waals surface area contributed by atoms with Gasteiger partial charge < -0.3 is 5.11 Å². The lowest BCUT2D eigenvalue weighted by Gasteiger charge is -2.61. The molecule has 0 radical (unpaired) electrons. The highest BCUT2D eigenvalue weighted by Gasteiger charge is 2.60. The van der Waals surface area contributed by atoms with Gasteiger partial charge in [-0.25, -0.2) is 0 Å². The molecule has 30 heavy (non-hydrogen) atoms. The molecular weight excluding hydrogens is 364 g/mol. The third kappa shape index (κ3) is 3.74. The molecule has 4 aliphatic rings. The van der Waals surface area contributed by atoms with Crippen LogP contribution in [0.3, 0.4) is 0 Å². The molecular formula is C29H50O. The van der Waals surface area contributed by atoms with E-state index in [1.165, 1.54) is 51.4 Å². The molecule has 0 spiro atoms. The lowest BCUT2D eigenvalue weighted by atomic mass is 9.44. The van der Waals surface area contributed by atoms with Crippen molar-refractivity contribution in [2.75, 3.05) is 0 Å². The topological polar surface area (TPSA) is 20.2 Å². The molecule has 4 rings (SSSR count). The summed E-state index contributed by atoms with van der Waals surface area (Å²) in [6, 6.07) is 0. The van der Waals surface area contributed by atoms with Gasteiger partial charge in [-0.3, -0.25) is 0 Å². The van der Waals surface area contributed by atoms with E-state index < -0.39 is 0 Å². The van der Waals surface area contributed by atoms with Gasteiger partial charge in [0.05, 0.1) is 6.10 Å². The van der Waals surface area contributed by atoms with Crippen molar-refractivity contribution in [1.29, 1.82) is 0 Å². The van der Waals surface area contributed by atoms with Crippen LogP contribution in [0, 0.1) is 58.2 Å². The van der Waals surface area contributed by atoms with Gasteiger partial charge in [-0.2, -0.15) is 0 Å². The molecule has 1 heteroatoms. The number of allylic oxidation sites excluding steroid dienone is 2. The Morgan fingerprint density at radius 2 is 1.57 bits per heavy atom. The first-order valence-electron chi connectivity index (χ1n) is 13.6. The summed E-state index contributed by atoms with van der Waals surface area (Å²) in [5, 5.41) is 10.3. The summed E-state index contributed by atoms with van der Waals surface area (Å²) in [6.45, 7) is 14.9. The van der Waals surface area contributed by atoms with Crippen molar-refractivity contribution >= 4 is 0 Å². The molecule has 2 unspecified atom stereocenters.